The van der Waals surface area contributed by atoms with Crippen molar-refractivity contribution in [2.24, 2.45) is 5.73 Å². The Labute approximate surface area is 209 Å². The van der Waals surface area contributed by atoms with Gasteiger partial charge in [0, 0.05) is 11.4 Å². The number of amides is 1. The van der Waals surface area contributed by atoms with Crippen molar-refractivity contribution in [1.29, 1.82) is 0 Å². The van der Waals surface area contributed by atoms with Gasteiger partial charge in [0.2, 0.25) is 17.0 Å². The van der Waals surface area contributed by atoms with Crippen LogP contribution in [0.5, 0.6) is 11.5 Å². The molecule has 0 saturated heterocycles. The van der Waals surface area contributed by atoms with Crippen LogP contribution in [-0.4, -0.2) is 33.5 Å². The lowest BCUT2D eigenvalue weighted by Gasteiger charge is -2.28. The first kappa shape index (κ1) is 24.7. The van der Waals surface area contributed by atoms with E-state index in [-0.39, 0.29) is 0 Å². The Hall–Kier alpha value is -3.46. The number of primary amides is 1. The third-order valence-electron chi connectivity index (χ3n) is 5.81. The SMILES string of the molecule is CCCCSc1nc2n(n1)C(c1ccc(OCc3cccc(C)c3)c(OC)c1)C(C(N)=O)=C(C)N2. The second kappa shape index (κ2) is 10.9. The number of aryl methyl sites for hydroxylation is 1. The number of fused-ring (bicyclic) bond motifs is 1. The molecule has 0 aliphatic carbocycles. The Morgan fingerprint density at radius 3 is 2.74 bits per heavy atom. The number of anilines is 1. The topological polar surface area (TPSA) is 104 Å². The van der Waals surface area contributed by atoms with Gasteiger partial charge in [-0.2, -0.15) is 4.98 Å². The van der Waals surface area contributed by atoms with Crippen LogP contribution in [-0.2, 0) is 11.4 Å². The minimum Gasteiger partial charge on any atom is -0.493 e. The van der Waals surface area contributed by atoms with Gasteiger partial charge in [0.25, 0.3) is 0 Å². The summed E-state index contributed by atoms with van der Waals surface area (Å²) in [6.07, 6.45) is 2.18. The zero-order valence-corrected chi connectivity index (χ0v) is 21.3. The first-order valence-corrected chi connectivity index (χ1v) is 12.6. The van der Waals surface area contributed by atoms with Crippen LogP contribution in [0, 0.1) is 6.92 Å². The average Bonchev–Trinajstić information content (AvgIpc) is 3.24. The van der Waals surface area contributed by atoms with Crippen LogP contribution >= 0.6 is 11.8 Å². The number of thioether (sulfide) groups is 1. The number of nitrogens with one attached hydrogen (secondary N) is 1. The largest absolute Gasteiger partial charge is 0.493 e. The summed E-state index contributed by atoms with van der Waals surface area (Å²) in [6.45, 7) is 6.45. The minimum atomic E-state index is -0.531. The molecule has 35 heavy (non-hydrogen) atoms. The molecule has 1 atom stereocenters. The van der Waals surface area contributed by atoms with E-state index in [4.69, 9.17) is 20.3 Å². The Morgan fingerprint density at radius 2 is 2.03 bits per heavy atom. The van der Waals surface area contributed by atoms with Gasteiger partial charge in [0.1, 0.15) is 12.6 Å². The van der Waals surface area contributed by atoms with Gasteiger partial charge in [-0.25, -0.2) is 4.68 Å². The Balaban J connectivity index is 1.66. The number of nitrogens with zero attached hydrogens (tertiary/aromatic N) is 3. The number of benzene rings is 2. The van der Waals surface area contributed by atoms with Gasteiger partial charge in [-0.1, -0.05) is 61.0 Å². The van der Waals surface area contributed by atoms with E-state index in [0.717, 1.165) is 29.7 Å². The number of methoxy groups -OCH3 is 1. The number of hydrogen-bond acceptors (Lipinski definition) is 7. The molecule has 0 bridgehead atoms. The smallest absolute Gasteiger partial charge is 0.248 e. The predicted molar refractivity (Wildman–Crippen MR) is 138 cm³/mol. The third kappa shape index (κ3) is 5.45. The third-order valence-corrected chi connectivity index (χ3v) is 6.73. The Morgan fingerprint density at radius 1 is 1.20 bits per heavy atom. The van der Waals surface area contributed by atoms with Crippen LogP contribution in [0.3, 0.4) is 0 Å². The van der Waals surface area contributed by atoms with Crippen LogP contribution in [0.25, 0.3) is 0 Å². The number of allylic oxidation sites excluding steroid dienone is 1. The molecular formula is C26H31N5O3S. The number of carbonyl (C=O) groups excluding carboxylic acids is 1. The molecule has 3 aromatic rings. The number of hydrogen-bond donors (Lipinski definition) is 2. The van der Waals surface area contributed by atoms with Crippen molar-refractivity contribution in [1.82, 2.24) is 14.8 Å². The number of unbranched alkanes of at least 4 members (excludes halogenated alkanes) is 1. The van der Waals surface area contributed by atoms with Crippen molar-refractivity contribution in [3.63, 3.8) is 0 Å². The lowest BCUT2D eigenvalue weighted by Crippen LogP contribution is -2.31. The summed E-state index contributed by atoms with van der Waals surface area (Å²) < 4.78 is 13.4. The highest BCUT2D eigenvalue weighted by Crippen LogP contribution is 2.39. The normalized spacial score (nSPS) is 14.9. The fourth-order valence-electron chi connectivity index (χ4n) is 4.06. The van der Waals surface area contributed by atoms with Gasteiger partial charge in [-0.3, -0.25) is 4.79 Å². The zero-order chi connectivity index (χ0) is 24.9. The molecule has 1 amide bonds. The molecule has 0 spiro atoms. The standard InChI is InChI=1S/C26H31N5O3S/c1-5-6-12-35-26-29-25-28-17(3)22(24(27)32)23(31(25)30-26)19-10-11-20(21(14-19)33-4)34-15-18-9-7-8-16(2)13-18/h7-11,13-14,23H,5-6,12,15H2,1-4H3,(H2,27,32)(H,28,29,30). The summed E-state index contributed by atoms with van der Waals surface area (Å²) in [6, 6.07) is 13.3. The lowest BCUT2D eigenvalue weighted by atomic mass is 9.95. The van der Waals surface area contributed by atoms with Crippen molar-refractivity contribution in [2.75, 3.05) is 18.2 Å². The van der Waals surface area contributed by atoms with E-state index < -0.39 is 11.9 Å². The molecular weight excluding hydrogens is 462 g/mol. The maximum Gasteiger partial charge on any atom is 0.248 e. The van der Waals surface area contributed by atoms with Crippen LogP contribution in [0.4, 0.5) is 5.95 Å². The molecule has 2 aromatic carbocycles. The molecule has 0 fully saturated rings. The quantitative estimate of drug-likeness (QED) is 0.308. The summed E-state index contributed by atoms with van der Waals surface area (Å²) in [7, 11) is 1.60. The van der Waals surface area contributed by atoms with Gasteiger partial charge in [0.15, 0.2) is 11.5 Å². The molecule has 4 rings (SSSR count). The molecule has 9 heteroatoms. The summed E-state index contributed by atoms with van der Waals surface area (Å²) >= 11 is 1.60. The van der Waals surface area contributed by atoms with Crippen LogP contribution in [0.15, 0.2) is 58.9 Å². The molecule has 1 aliphatic rings. The molecule has 8 nitrogen and oxygen atoms in total. The highest BCUT2D eigenvalue weighted by atomic mass is 32.2. The van der Waals surface area contributed by atoms with E-state index in [1.807, 2.05) is 37.3 Å². The fourth-order valence-corrected chi connectivity index (χ4v) is 4.98. The van der Waals surface area contributed by atoms with E-state index >= 15 is 0 Å². The number of aromatic nitrogens is 3. The van der Waals surface area contributed by atoms with Crippen LogP contribution in [0.2, 0.25) is 0 Å². The van der Waals surface area contributed by atoms with Crippen molar-refractivity contribution >= 4 is 23.6 Å². The highest BCUT2D eigenvalue weighted by Gasteiger charge is 2.33. The van der Waals surface area contributed by atoms with E-state index in [0.29, 0.717) is 40.5 Å². The maximum absolute atomic E-state index is 12.5. The molecule has 0 saturated carbocycles. The first-order chi connectivity index (χ1) is 16.9. The maximum atomic E-state index is 12.5. The summed E-state index contributed by atoms with van der Waals surface area (Å²) in [5, 5.41) is 8.55. The predicted octanol–water partition coefficient (Wildman–Crippen LogP) is 4.84. The van der Waals surface area contributed by atoms with Crippen molar-refractivity contribution in [3.8, 4) is 11.5 Å². The second-order valence-corrected chi connectivity index (χ2v) is 9.55. The van der Waals surface area contributed by atoms with Crippen molar-refractivity contribution in [2.45, 2.75) is 51.4 Å². The van der Waals surface area contributed by atoms with E-state index in [1.54, 1.807) is 23.6 Å². The first-order valence-electron chi connectivity index (χ1n) is 11.6. The van der Waals surface area contributed by atoms with Gasteiger partial charge >= 0.3 is 0 Å². The number of rotatable bonds is 10. The zero-order valence-electron chi connectivity index (χ0n) is 20.5. The number of carbonyl (C=O) groups is 1. The molecule has 1 aromatic heterocycles. The number of ether oxygens (including phenoxy) is 2. The Bertz CT molecular complexity index is 1250. The van der Waals surface area contributed by atoms with E-state index in [2.05, 4.69) is 36.3 Å². The van der Waals surface area contributed by atoms with Gasteiger partial charge in [-0.05, 0) is 43.5 Å². The highest BCUT2D eigenvalue weighted by molar-refractivity contribution is 7.99. The molecule has 0 radical (unpaired) electrons. The summed E-state index contributed by atoms with van der Waals surface area (Å²) in [5.74, 6) is 2.17. The molecule has 184 valence electrons. The monoisotopic (exact) mass is 493 g/mol. The minimum absolute atomic E-state index is 0.419. The average molecular weight is 494 g/mol. The van der Waals surface area contributed by atoms with Crippen LogP contribution < -0.4 is 20.5 Å². The molecule has 3 N–H and O–H groups in total. The van der Waals surface area contributed by atoms with Gasteiger partial charge in [-0.15, -0.1) is 5.10 Å². The fraction of sp³-hybridized carbons (Fsp3) is 0.346. The van der Waals surface area contributed by atoms with E-state index in [1.165, 1.54) is 5.56 Å². The molecule has 1 unspecified atom stereocenters. The van der Waals surface area contributed by atoms with Crippen molar-refractivity contribution < 1.29 is 14.3 Å². The van der Waals surface area contributed by atoms with Crippen molar-refractivity contribution in [3.05, 3.63) is 70.4 Å². The summed E-state index contributed by atoms with van der Waals surface area (Å²) in [5.41, 5.74) is 9.96. The lowest BCUT2D eigenvalue weighted by molar-refractivity contribution is -0.115. The molecule has 2 heterocycles. The van der Waals surface area contributed by atoms with E-state index in [9.17, 15) is 4.79 Å². The second-order valence-electron chi connectivity index (χ2n) is 8.48. The molecule has 1 aliphatic heterocycles. The number of nitrogens with two attached hydrogens (primary N) is 1. The van der Waals surface area contributed by atoms with Gasteiger partial charge in [0.05, 0.1) is 12.7 Å². The Kier molecular flexibility index (Phi) is 7.65. The summed E-state index contributed by atoms with van der Waals surface area (Å²) in [4.78, 5) is 17.1. The van der Waals surface area contributed by atoms with Crippen LogP contribution in [0.1, 0.15) is 49.4 Å². The van der Waals surface area contributed by atoms with Gasteiger partial charge < -0.3 is 20.5 Å².